The first kappa shape index (κ1) is 49.3. The van der Waals surface area contributed by atoms with Gasteiger partial charge in [0.15, 0.2) is 5.82 Å². The Kier molecular flexibility index (Phi) is 11.3. The molecule has 5 heteroatoms. The summed E-state index contributed by atoms with van der Waals surface area (Å²) in [5.74, 6) is 0.964. The second kappa shape index (κ2) is 17.5. The smallest absolute Gasteiger partial charge is 0.158 e. The van der Waals surface area contributed by atoms with Crippen LogP contribution in [0.4, 0.5) is 45.6 Å². The van der Waals surface area contributed by atoms with Gasteiger partial charge in [0.2, 0.25) is 0 Å². The van der Waals surface area contributed by atoms with Crippen LogP contribution in [0, 0.1) is 10.8 Å². The number of rotatable bonds is 9. The Morgan fingerprint density at radius 3 is 1.42 bits per heavy atom. The monoisotopic (exact) mass is 996 g/mol. The lowest BCUT2D eigenvalue weighted by atomic mass is 9.50. The molecule has 4 aliphatic heterocycles. The molecule has 0 bridgehead atoms. The Hall–Kier alpha value is -7.63. The van der Waals surface area contributed by atoms with Gasteiger partial charge in [-0.25, -0.2) is 4.98 Å². The van der Waals surface area contributed by atoms with Crippen LogP contribution < -0.4 is 19.6 Å². The van der Waals surface area contributed by atoms with E-state index in [0.717, 1.165) is 30.0 Å². The summed E-state index contributed by atoms with van der Waals surface area (Å²) < 4.78 is 0. The van der Waals surface area contributed by atoms with Gasteiger partial charge in [0.05, 0.1) is 28.4 Å². The molecule has 5 unspecified atom stereocenters. The van der Waals surface area contributed by atoms with Gasteiger partial charge < -0.3 is 19.6 Å². The number of hydrogen-bond donors (Lipinski definition) is 0. The van der Waals surface area contributed by atoms with E-state index in [1.165, 1.54) is 72.9 Å². The van der Waals surface area contributed by atoms with Crippen molar-refractivity contribution in [2.75, 3.05) is 19.6 Å². The minimum absolute atomic E-state index is 0.0701. The minimum Gasteiger partial charge on any atom is -0.317 e. The zero-order valence-corrected chi connectivity index (χ0v) is 46.3. The second-order valence-corrected chi connectivity index (χ2v) is 25.0. The molecule has 0 radical (unpaired) electrons. The van der Waals surface area contributed by atoms with Gasteiger partial charge in [-0.2, -0.15) is 0 Å². The van der Waals surface area contributed by atoms with E-state index < -0.39 is 21.7 Å². The molecular weight excluding hydrogens is 923 g/mol. The third kappa shape index (κ3) is 6.99. The fourth-order valence-electron chi connectivity index (χ4n) is 14.2. The number of benzene rings is 7. The number of anilines is 8. The molecule has 0 aliphatic carbocycles. The van der Waals surface area contributed by atoms with Crippen molar-refractivity contribution in [1.82, 2.24) is 4.98 Å². The van der Waals surface area contributed by atoms with Crippen molar-refractivity contribution in [2.45, 2.75) is 116 Å². The summed E-state index contributed by atoms with van der Waals surface area (Å²) in [4.78, 5) is 16.0. The molecule has 4 aliphatic rings. The van der Waals surface area contributed by atoms with Crippen LogP contribution in [0.2, 0.25) is 0 Å². The highest BCUT2D eigenvalue weighted by atomic mass is 15.5. The number of hydrogen-bond acceptors (Lipinski definition) is 5. The number of allylic oxidation sites excluding steroid dienone is 2. The molecule has 1 aromatic heterocycles. The molecular formula is C71H73N5. The highest BCUT2D eigenvalue weighted by Gasteiger charge is 2.65. The van der Waals surface area contributed by atoms with E-state index in [-0.39, 0.29) is 23.2 Å². The van der Waals surface area contributed by atoms with Gasteiger partial charge in [-0.05, 0) is 106 Å². The van der Waals surface area contributed by atoms with E-state index in [1.807, 2.05) is 6.20 Å². The standard InChI is InChI=1S/C71H73N5/c1-13-69(11)54-41-39-50(66(3,4)5)46-61(54)75-60-38-27-45-72-63(60)76(57-35-24-22-33-53(57)49-30-19-16-20-31-49)65(75)70(69,12)43-44-71(14-2)55-42-40-51(67(6,7)8)47-62(55)74-59-37-26-25-36-58(59)73(64(74)68(71,9)10)56-34-23-21-32-52(56)48-28-17-15-18-29-48/h13-42,45-47,64-65H,1-2,43-44H2,3-12H3. The van der Waals surface area contributed by atoms with Crippen LogP contribution in [0.5, 0.6) is 0 Å². The Morgan fingerprint density at radius 1 is 0.447 bits per heavy atom. The van der Waals surface area contributed by atoms with Gasteiger partial charge in [0.25, 0.3) is 0 Å². The fourth-order valence-corrected chi connectivity index (χ4v) is 14.2. The van der Waals surface area contributed by atoms with Crippen LogP contribution in [-0.2, 0) is 21.7 Å². The van der Waals surface area contributed by atoms with Crippen molar-refractivity contribution < 1.29 is 0 Å². The molecule has 0 saturated heterocycles. The summed E-state index contributed by atoms with van der Waals surface area (Å²) >= 11 is 0. The maximum Gasteiger partial charge on any atom is 0.158 e. The van der Waals surface area contributed by atoms with E-state index in [9.17, 15) is 0 Å². The van der Waals surface area contributed by atoms with Crippen LogP contribution in [0.3, 0.4) is 0 Å². The second-order valence-electron chi connectivity index (χ2n) is 25.0. The van der Waals surface area contributed by atoms with Crippen LogP contribution in [0.1, 0.15) is 104 Å². The largest absolute Gasteiger partial charge is 0.317 e. The Balaban J connectivity index is 1.10. The lowest BCUT2D eigenvalue weighted by Crippen LogP contribution is -2.64. The summed E-state index contributed by atoms with van der Waals surface area (Å²) in [6.07, 6.45) is 7.93. The average Bonchev–Trinajstić information content (AvgIpc) is 4.14. The number of pyridine rings is 1. The molecule has 0 saturated carbocycles. The third-order valence-electron chi connectivity index (χ3n) is 18.8. The van der Waals surface area contributed by atoms with Crippen molar-refractivity contribution >= 4 is 45.6 Å². The fraction of sp³-hybridized carbons (Fsp3) is 0.282. The first-order chi connectivity index (χ1) is 36.4. The maximum atomic E-state index is 5.37. The summed E-state index contributed by atoms with van der Waals surface area (Å²) in [5, 5.41) is 0. The normalized spacial score (nSPS) is 23.0. The Labute approximate surface area is 452 Å². The van der Waals surface area contributed by atoms with Crippen LogP contribution in [0.25, 0.3) is 22.3 Å². The quantitative estimate of drug-likeness (QED) is 0.134. The van der Waals surface area contributed by atoms with Gasteiger partial charge in [-0.3, -0.25) is 0 Å². The molecule has 76 heavy (non-hydrogen) atoms. The molecule has 0 spiro atoms. The molecule has 0 amide bonds. The summed E-state index contributed by atoms with van der Waals surface area (Å²) in [7, 11) is 0. The molecule has 7 aromatic carbocycles. The maximum absolute atomic E-state index is 5.37. The van der Waals surface area contributed by atoms with Crippen molar-refractivity contribution in [3.05, 3.63) is 236 Å². The summed E-state index contributed by atoms with van der Waals surface area (Å²) in [6, 6.07) is 67.9. The number of fused-ring (bicyclic) bond motifs is 10. The van der Waals surface area contributed by atoms with Gasteiger partial charge in [-0.1, -0.05) is 215 Å². The van der Waals surface area contributed by atoms with E-state index in [4.69, 9.17) is 18.1 Å². The number of nitrogens with zero attached hydrogens (tertiary/aromatic N) is 5. The first-order valence-electron chi connectivity index (χ1n) is 27.5. The molecule has 382 valence electrons. The lowest BCUT2D eigenvalue weighted by molar-refractivity contribution is 0.0828. The van der Waals surface area contributed by atoms with Crippen LogP contribution in [-0.4, -0.2) is 17.3 Å². The van der Waals surface area contributed by atoms with Gasteiger partial charge in [0, 0.05) is 50.4 Å². The van der Waals surface area contributed by atoms with Crippen molar-refractivity contribution in [2.24, 2.45) is 10.8 Å². The highest BCUT2D eigenvalue weighted by Crippen LogP contribution is 2.69. The number of para-hydroxylation sites is 4. The van der Waals surface area contributed by atoms with E-state index in [0.29, 0.717) is 0 Å². The van der Waals surface area contributed by atoms with Gasteiger partial charge in [0.1, 0.15) is 12.3 Å². The molecule has 0 N–H and O–H groups in total. The third-order valence-corrected chi connectivity index (χ3v) is 18.8. The minimum atomic E-state index is -0.537. The lowest BCUT2D eigenvalue weighted by Gasteiger charge is -2.61. The number of aromatic nitrogens is 1. The molecule has 0 fully saturated rings. The van der Waals surface area contributed by atoms with E-state index in [2.05, 4.69) is 283 Å². The first-order valence-corrected chi connectivity index (χ1v) is 27.5. The van der Waals surface area contributed by atoms with Gasteiger partial charge >= 0.3 is 0 Å². The van der Waals surface area contributed by atoms with Crippen molar-refractivity contribution in [3.8, 4) is 22.3 Å². The summed E-state index contributed by atoms with van der Waals surface area (Å²) in [5.41, 5.74) is 16.2. The van der Waals surface area contributed by atoms with E-state index >= 15 is 0 Å². The molecule has 12 rings (SSSR count). The predicted molar refractivity (Wildman–Crippen MR) is 321 cm³/mol. The Bertz CT molecular complexity index is 3560. The average molecular weight is 996 g/mol. The van der Waals surface area contributed by atoms with Gasteiger partial charge in [-0.15, -0.1) is 13.2 Å². The summed E-state index contributed by atoms with van der Waals surface area (Å²) in [6.45, 7) is 33.9. The van der Waals surface area contributed by atoms with Crippen LogP contribution in [0.15, 0.2) is 213 Å². The SMILES string of the molecule is C=CC1(C)c2ccc(C(C)(C)C)cc2N2c3cccnc3N(c3ccccc3-c3ccccc3)C2C1(C)CCC1(C=C)c2ccc(C(C)(C)C)cc2N2c3ccccc3N(c3ccccc3-c3ccccc3)C2C1(C)C. The molecule has 8 aromatic rings. The molecule has 5 heterocycles. The van der Waals surface area contributed by atoms with E-state index in [1.54, 1.807) is 0 Å². The highest BCUT2D eigenvalue weighted by molar-refractivity contribution is 5.96. The predicted octanol–water partition coefficient (Wildman–Crippen LogP) is 18.6. The Morgan fingerprint density at radius 2 is 0.895 bits per heavy atom. The van der Waals surface area contributed by atoms with Crippen LogP contribution >= 0.6 is 0 Å². The molecule has 5 atom stereocenters. The van der Waals surface area contributed by atoms with Crippen molar-refractivity contribution in [1.29, 1.82) is 0 Å². The zero-order valence-electron chi connectivity index (χ0n) is 46.3. The van der Waals surface area contributed by atoms with Crippen molar-refractivity contribution in [3.63, 3.8) is 0 Å². The zero-order chi connectivity index (χ0) is 53.2. The topological polar surface area (TPSA) is 25.9 Å². The molecule has 5 nitrogen and oxygen atoms in total.